The molecule has 6 heteroatoms. The molecule has 0 spiro atoms. The van der Waals surface area contributed by atoms with Crippen molar-refractivity contribution in [2.75, 3.05) is 25.2 Å². The quantitative estimate of drug-likeness (QED) is 0.872. The van der Waals surface area contributed by atoms with Crippen LogP contribution in [0, 0.1) is 6.92 Å². The fourth-order valence-corrected chi connectivity index (χ4v) is 3.31. The van der Waals surface area contributed by atoms with Crippen LogP contribution in [0.25, 0.3) is 0 Å². The predicted molar refractivity (Wildman–Crippen MR) is 95.7 cm³/mol. The minimum absolute atomic E-state index is 0.125. The van der Waals surface area contributed by atoms with Gasteiger partial charge in [0.05, 0.1) is 17.1 Å². The van der Waals surface area contributed by atoms with E-state index in [1.54, 1.807) is 18.2 Å². The summed E-state index contributed by atoms with van der Waals surface area (Å²) in [4.78, 5) is 14.2. The zero-order valence-electron chi connectivity index (χ0n) is 14.1. The van der Waals surface area contributed by atoms with Crippen molar-refractivity contribution in [2.24, 2.45) is 0 Å². The first kappa shape index (κ1) is 18.2. The van der Waals surface area contributed by atoms with Crippen molar-refractivity contribution in [3.63, 3.8) is 0 Å². The topological polar surface area (TPSA) is 66.5 Å². The number of hydrogen-bond donors (Lipinski definition) is 1. The summed E-state index contributed by atoms with van der Waals surface area (Å²) in [6.07, 6.45) is 1.13. The maximum Gasteiger partial charge on any atom is 0.238 e. The summed E-state index contributed by atoms with van der Waals surface area (Å²) in [5.74, 6) is -0.248. The summed E-state index contributed by atoms with van der Waals surface area (Å²) in [6.45, 7) is 2.85. The molecule has 0 fully saturated rings. The van der Waals surface area contributed by atoms with Gasteiger partial charge in [0.25, 0.3) is 0 Å². The fraction of sp³-hybridized carbons (Fsp3) is 0.278. The van der Waals surface area contributed by atoms with Gasteiger partial charge in [-0.3, -0.25) is 9.69 Å². The number of aryl methyl sites for hydroxylation is 1. The van der Waals surface area contributed by atoms with Crippen LogP contribution in [-0.2, 0) is 21.2 Å². The van der Waals surface area contributed by atoms with Crippen LogP contribution in [0.4, 0.5) is 5.69 Å². The van der Waals surface area contributed by atoms with Gasteiger partial charge in [0.15, 0.2) is 9.84 Å². The first-order chi connectivity index (χ1) is 11.3. The van der Waals surface area contributed by atoms with Crippen LogP contribution in [-0.4, -0.2) is 39.1 Å². The predicted octanol–water partition coefficient (Wildman–Crippen LogP) is 2.47. The Bertz CT molecular complexity index is 832. The summed E-state index contributed by atoms with van der Waals surface area (Å²) in [6, 6.07) is 14.4. The maximum absolute atomic E-state index is 12.2. The second-order valence-electron chi connectivity index (χ2n) is 5.92. The molecule has 2 aromatic rings. The van der Waals surface area contributed by atoms with Gasteiger partial charge in [-0.05, 0) is 37.2 Å². The number of hydrogen-bond acceptors (Lipinski definition) is 4. The number of carbonyl (C=O) groups is 1. The summed E-state index contributed by atoms with van der Waals surface area (Å²) in [5.41, 5.74) is 2.64. The Morgan fingerprint density at radius 3 is 2.38 bits per heavy atom. The number of carbonyl (C=O) groups excluding carboxylic acids is 1. The van der Waals surface area contributed by atoms with Crippen LogP contribution >= 0.6 is 0 Å². The summed E-state index contributed by atoms with van der Waals surface area (Å²) < 4.78 is 23.5. The van der Waals surface area contributed by atoms with Gasteiger partial charge in [0.2, 0.25) is 5.91 Å². The molecule has 2 rings (SSSR count). The second kappa shape index (κ2) is 7.59. The number of nitrogens with one attached hydrogen (secondary N) is 1. The van der Waals surface area contributed by atoms with Crippen molar-refractivity contribution >= 4 is 21.4 Å². The summed E-state index contributed by atoms with van der Waals surface area (Å²) >= 11 is 0. The minimum atomic E-state index is -3.39. The average molecular weight is 346 g/mol. The van der Waals surface area contributed by atoms with E-state index in [0.717, 1.165) is 11.8 Å². The van der Waals surface area contributed by atoms with E-state index in [9.17, 15) is 13.2 Å². The van der Waals surface area contributed by atoms with Crippen molar-refractivity contribution < 1.29 is 13.2 Å². The molecule has 5 nitrogen and oxygen atoms in total. The van der Waals surface area contributed by atoms with Gasteiger partial charge < -0.3 is 5.32 Å². The molecule has 0 aromatic heterocycles. The van der Waals surface area contributed by atoms with E-state index in [1.165, 1.54) is 11.6 Å². The number of rotatable bonds is 6. The number of nitrogens with zero attached hydrogens (tertiary/aromatic N) is 1. The molecule has 128 valence electrons. The van der Waals surface area contributed by atoms with Gasteiger partial charge in [-0.1, -0.05) is 36.4 Å². The van der Waals surface area contributed by atoms with Gasteiger partial charge in [-0.2, -0.15) is 0 Å². The van der Waals surface area contributed by atoms with Gasteiger partial charge >= 0.3 is 0 Å². The van der Waals surface area contributed by atoms with E-state index in [-0.39, 0.29) is 17.3 Å². The zero-order chi connectivity index (χ0) is 17.7. The highest BCUT2D eigenvalue weighted by Crippen LogP contribution is 2.20. The number of sulfone groups is 1. The Hall–Kier alpha value is -2.18. The molecule has 0 saturated heterocycles. The Morgan fingerprint density at radius 1 is 1.08 bits per heavy atom. The number of anilines is 1. The van der Waals surface area contributed by atoms with Crippen molar-refractivity contribution in [3.05, 3.63) is 59.7 Å². The average Bonchev–Trinajstić information content (AvgIpc) is 2.49. The minimum Gasteiger partial charge on any atom is -0.324 e. The lowest BCUT2D eigenvalue weighted by Gasteiger charge is -2.18. The molecule has 2 aromatic carbocycles. The molecule has 0 heterocycles. The van der Waals surface area contributed by atoms with Gasteiger partial charge in [0, 0.05) is 12.8 Å². The van der Waals surface area contributed by atoms with Crippen LogP contribution in [0.5, 0.6) is 0 Å². The molecule has 0 aliphatic heterocycles. The Morgan fingerprint density at radius 2 is 1.71 bits per heavy atom. The highest BCUT2D eigenvalue weighted by atomic mass is 32.2. The molecule has 0 unspecified atom stereocenters. The van der Waals surface area contributed by atoms with E-state index in [2.05, 4.69) is 5.32 Å². The Kier molecular flexibility index (Phi) is 5.75. The van der Waals surface area contributed by atoms with Crippen LogP contribution in [0.3, 0.4) is 0 Å². The SMILES string of the molecule is Cc1ccccc1CN(C)CC(=O)Nc1ccccc1S(C)(=O)=O. The van der Waals surface area contributed by atoms with Gasteiger partial charge in [0.1, 0.15) is 0 Å². The normalized spacial score (nSPS) is 11.5. The first-order valence-electron chi connectivity index (χ1n) is 7.59. The Balaban J connectivity index is 2.03. The molecule has 0 atom stereocenters. The van der Waals surface area contributed by atoms with E-state index < -0.39 is 9.84 Å². The smallest absolute Gasteiger partial charge is 0.238 e. The van der Waals surface area contributed by atoms with Crippen molar-refractivity contribution in [1.82, 2.24) is 4.90 Å². The highest BCUT2D eigenvalue weighted by Gasteiger charge is 2.15. The van der Waals surface area contributed by atoms with E-state index in [4.69, 9.17) is 0 Å². The molecule has 0 aliphatic rings. The third-order valence-corrected chi connectivity index (χ3v) is 4.83. The zero-order valence-corrected chi connectivity index (χ0v) is 14.9. The summed E-state index contributed by atoms with van der Waals surface area (Å²) in [5, 5.41) is 2.69. The molecule has 1 amide bonds. The van der Waals surface area contributed by atoms with Crippen molar-refractivity contribution in [3.8, 4) is 0 Å². The van der Waals surface area contributed by atoms with Crippen LogP contribution in [0.2, 0.25) is 0 Å². The standard InChI is InChI=1S/C18H22N2O3S/c1-14-8-4-5-9-15(14)12-20(2)13-18(21)19-16-10-6-7-11-17(16)24(3,22)23/h4-11H,12-13H2,1-3H3,(H,19,21). The molecule has 0 saturated carbocycles. The largest absolute Gasteiger partial charge is 0.324 e. The van der Waals surface area contributed by atoms with E-state index in [1.807, 2.05) is 43.1 Å². The lowest BCUT2D eigenvalue weighted by atomic mass is 10.1. The molecule has 0 aliphatic carbocycles. The van der Waals surface area contributed by atoms with E-state index >= 15 is 0 Å². The summed E-state index contributed by atoms with van der Waals surface area (Å²) in [7, 11) is -1.53. The van der Waals surface area contributed by atoms with Crippen molar-refractivity contribution in [1.29, 1.82) is 0 Å². The van der Waals surface area contributed by atoms with E-state index in [0.29, 0.717) is 12.2 Å². The monoisotopic (exact) mass is 346 g/mol. The maximum atomic E-state index is 12.2. The number of likely N-dealkylation sites (N-methyl/N-ethyl adjacent to an activating group) is 1. The molecule has 0 bridgehead atoms. The van der Waals surface area contributed by atoms with Crippen LogP contribution in [0.1, 0.15) is 11.1 Å². The first-order valence-corrected chi connectivity index (χ1v) is 9.48. The fourth-order valence-electron chi connectivity index (χ4n) is 2.46. The third-order valence-electron chi connectivity index (χ3n) is 3.68. The molecule has 0 radical (unpaired) electrons. The molecular weight excluding hydrogens is 324 g/mol. The lowest BCUT2D eigenvalue weighted by molar-refractivity contribution is -0.117. The number of para-hydroxylation sites is 1. The number of amides is 1. The Labute approximate surface area is 143 Å². The number of benzene rings is 2. The third kappa shape index (κ3) is 4.91. The molecule has 24 heavy (non-hydrogen) atoms. The molecule has 1 N–H and O–H groups in total. The van der Waals surface area contributed by atoms with Gasteiger partial charge in [-0.15, -0.1) is 0 Å². The van der Waals surface area contributed by atoms with Crippen LogP contribution in [0.15, 0.2) is 53.4 Å². The van der Waals surface area contributed by atoms with Gasteiger partial charge in [-0.25, -0.2) is 8.42 Å². The highest BCUT2D eigenvalue weighted by molar-refractivity contribution is 7.90. The second-order valence-corrected chi connectivity index (χ2v) is 7.90. The lowest BCUT2D eigenvalue weighted by Crippen LogP contribution is -2.30. The van der Waals surface area contributed by atoms with Crippen molar-refractivity contribution in [2.45, 2.75) is 18.4 Å². The van der Waals surface area contributed by atoms with Crippen LogP contribution < -0.4 is 5.32 Å². The molecular formula is C18H22N2O3S.